The van der Waals surface area contributed by atoms with E-state index >= 15 is 0 Å². The number of fused-ring (bicyclic) bond motifs is 1. The summed E-state index contributed by atoms with van der Waals surface area (Å²) in [4.78, 5) is 9.19. The van der Waals surface area contributed by atoms with Crippen LogP contribution in [0, 0.1) is 6.92 Å². The quantitative estimate of drug-likeness (QED) is 0.651. The lowest BCUT2D eigenvalue weighted by Crippen LogP contribution is -2.12. The first-order valence-corrected chi connectivity index (χ1v) is 7.84. The van der Waals surface area contributed by atoms with Gasteiger partial charge >= 0.3 is 0 Å². The number of nitrogens with two attached hydrogens (primary N) is 1. The SMILES string of the molecule is Cc1cc(-c2nc3c(c(NN)n2)CSC3)ccc1Br. The molecule has 1 aliphatic heterocycles. The van der Waals surface area contributed by atoms with Crippen molar-refractivity contribution >= 4 is 33.5 Å². The fourth-order valence-electron chi connectivity index (χ4n) is 2.08. The Balaban J connectivity index is 2.12. The number of thioether (sulfide) groups is 1. The van der Waals surface area contributed by atoms with Gasteiger partial charge in [0.2, 0.25) is 0 Å². The molecule has 3 N–H and O–H groups in total. The summed E-state index contributed by atoms with van der Waals surface area (Å²) in [6.07, 6.45) is 0. The predicted molar refractivity (Wildman–Crippen MR) is 82.7 cm³/mol. The van der Waals surface area contributed by atoms with Crippen molar-refractivity contribution in [3.05, 3.63) is 39.5 Å². The lowest BCUT2D eigenvalue weighted by atomic mass is 10.1. The Morgan fingerprint density at radius 3 is 2.89 bits per heavy atom. The zero-order valence-electron chi connectivity index (χ0n) is 10.4. The summed E-state index contributed by atoms with van der Waals surface area (Å²) in [5.41, 5.74) is 7.08. The molecule has 0 spiro atoms. The molecule has 2 aromatic rings. The largest absolute Gasteiger partial charge is 0.308 e. The molecule has 0 radical (unpaired) electrons. The van der Waals surface area contributed by atoms with Crippen molar-refractivity contribution in [2.45, 2.75) is 18.4 Å². The third kappa shape index (κ3) is 2.35. The minimum atomic E-state index is 0.727. The van der Waals surface area contributed by atoms with Crippen LogP contribution in [0.3, 0.4) is 0 Å². The molecular formula is C13H13BrN4S. The highest BCUT2D eigenvalue weighted by atomic mass is 79.9. The van der Waals surface area contributed by atoms with Crippen molar-refractivity contribution in [1.82, 2.24) is 9.97 Å². The van der Waals surface area contributed by atoms with Gasteiger partial charge in [0, 0.05) is 27.1 Å². The minimum Gasteiger partial charge on any atom is -0.308 e. The van der Waals surface area contributed by atoms with Crippen LogP contribution < -0.4 is 11.3 Å². The molecule has 0 saturated heterocycles. The monoisotopic (exact) mass is 336 g/mol. The Bertz CT molecular complexity index is 645. The van der Waals surface area contributed by atoms with Crippen molar-refractivity contribution in [3.63, 3.8) is 0 Å². The number of nitrogens with one attached hydrogen (secondary N) is 1. The molecule has 4 nitrogen and oxygen atoms in total. The zero-order chi connectivity index (χ0) is 13.4. The van der Waals surface area contributed by atoms with Crippen LogP contribution in [0.25, 0.3) is 11.4 Å². The average molecular weight is 337 g/mol. The smallest absolute Gasteiger partial charge is 0.161 e. The van der Waals surface area contributed by atoms with Gasteiger partial charge in [-0.05, 0) is 24.6 Å². The number of halogens is 1. The summed E-state index contributed by atoms with van der Waals surface area (Å²) in [6, 6.07) is 6.11. The molecule has 2 heterocycles. The Labute approximate surface area is 124 Å². The van der Waals surface area contributed by atoms with E-state index in [0.29, 0.717) is 0 Å². The normalized spacial score (nSPS) is 13.4. The topological polar surface area (TPSA) is 63.8 Å². The summed E-state index contributed by atoms with van der Waals surface area (Å²) in [5.74, 6) is 8.89. The number of benzene rings is 1. The van der Waals surface area contributed by atoms with Gasteiger partial charge in [-0.25, -0.2) is 15.8 Å². The van der Waals surface area contributed by atoms with E-state index < -0.39 is 0 Å². The lowest BCUT2D eigenvalue weighted by molar-refractivity contribution is 1.06. The summed E-state index contributed by atoms with van der Waals surface area (Å²) >= 11 is 5.34. The molecule has 98 valence electrons. The lowest BCUT2D eigenvalue weighted by Gasteiger charge is -2.09. The third-order valence-electron chi connectivity index (χ3n) is 3.13. The van der Waals surface area contributed by atoms with Gasteiger partial charge in [-0.15, -0.1) is 0 Å². The van der Waals surface area contributed by atoms with Gasteiger partial charge in [-0.2, -0.15) is 11.8 Å². The molecule has 19 heavy (non-hydrogen) atoms. The van der Waals surface area contributed by atoms with Gasteiger partial charge in [-0.3, -0.25) is 0 Å². The molecular weight excluding hydrogens is 324 g/mol. The second-order valence-electron chi connectivity index (χ2n) is 4.42. The van der Waals surface area contributed by atoms with E-state index in [1.807, 2.05) is 23.9 Å². The Hall–Kier alpha value is -1.11. The highest BCUT2D eigenvalue weighted by Gasteiger charge is 2.19. The molecule has 6 heteroatoms. The van der Waals surface area contributed by atoms with E-state index in [1.165, 1.54) is 5.56 Å². The fourth-order valence-corrected chi connectivity index (χ4v) is 3.37. The standard InChI is InChI=1S/C13H13BrN4S/c1-7-4-8(2-3-10(7)14)12-16-11-6-19-5-9(11)13(17-12)18-15/h2-4H,5-6,15H2,1H3,(H,16,17,18). The summed E-state index contributed by atoms with van der Waals surface area (Å²) in [6.45, 7) is 2.05. The second-order valence-corrected chi connectivity index (χ2v) is 6.26. The number of nitrogen functional groups attached to an aromatic ring is 1. The van der Waals surface area contributed by atoms with Gasteiger partial charge < -0.3 is 5.43 Å². The maximum absolute atomic E-state index is 5.57. The van der Waals surface area contributed by atoms with Crippen molar-refractivity contribution < 1.29 is 0 Å². The Morgan fingerprint density at radius 1 is 1.32 bits per heavy atom. The highest BCUT2D eigenvalue weighted by molar-refractivity contribution is 9.10. The number of aryl methyl sites for hydroxylation is 1. The van der Waals surface area contributed by atoms with Crippen molar-refractivity contribution in [3.8, 4) is 11.4 Å². The first-order valence-electron chi connectivity index (χ1n) is 5.89. The maximum Gasteiger partial charge on any atom is 0.161 e. The van der Waals surface area contributed by atoms with E-state index in [2.05, 4.69) is 44.3 Å². The maximum atomic E-state index is 5.57. The van der Waals surface area contributed by atoms with E-state index in [4.69, 9.17) is 5.84 Å². The summed E-state index contributed by atoms with van der Waals surface area (Å²) in [7, 11) is 0. The molecule has 0 aliphatic carbocycles. The van der Waals surface area contributed by atoms with Crippen molar-refractivity contribution in [2.75, 3.05) is 5.43 Å². The Morgan fingerprint density at radius 2 is 2.16 bits per heavy atom. The molecule has 0 atom stereocenters. The molecule has 3 rings (SSSR count). The second kappa shape index (κ2) is 5.11. The van der Waals surface area contributed by atoms with Crippen LogP contribution in [0.15, 0.2) is 22.7 Å². The van der Waals surface area contributed by atoms with Crippen LogP contribution in [0.4, 0.5) is 5.82 Å². The number of anilines is 1. The van der Waals surface area contributed by atoms with Gasteiger partial charge in [0.15, 0.2) is 5.82 Å². The van der Waals surface area contributed by atoms with Crippen LogP contribution in [0.5, 0.6) is 0 Å². The number of aromatic nitrogens is 2. The number of nitrogens with zero attached hydrogens (tertiary/aromatic N) is 2. The van der Waals surface area contributed by atoms with E-state index in [9.17, 15) is 0 Å². The van der Waals surface area contributed by atoms with Crippen LogP contribution in [-0.4, -0.2) is 9.97 Å². The van der Waals surface area contributed by atoms with Gasteiger partial charge in [0.05, 0.1) is 5.69 Å². The molecule has 0 bridgehead atoms. The van der Waals surface area contributed by atoms with Crippen LogP contribution >= 0.6 is 27.7 Å². The van der Waals surface area contributed by atoms with Gasteiger partial charge in [0.25, 0.3) is 0 Å². The minimum absolute atomic E-state index is 0.727. The van der Waals surface area contributed by atoms with Gasteiger partial charge in [-0.1, -0.05) is 22.0 Å². The first-order chi connectivity index (χ1) is 9.19. The summed E-state index contributed by atoms with van der Waals surface area (Å²) in [5, 5.41) is 0. The average Bonchev–Trinajstić information content (AvgIpc) is 2.89. The highest BCUT2D eigenvalue weighted by Crippen LogP contribution is 2.34. The molecule has 1 aromatic carbocycles. The van der Waals surface area contributed by atoms with Crippen LogP contribution in [-0.2, 0) is 11.5 Å². The first kappa shape index (κ1) is 12.9. The van der Waals surface area contributed by atoms with Crippen molar-refractivity contribution in [1.29, 1.82) is 0 Å². The molecule has 0 saturated carbocycles. The molecule has 0 fully saturated rings. The van der Waals surface area contributed by atoms with E-state index in [-0.39, 0.29) is 0 Å². The molecule has 1 aliphatic rings. The Kier molecular flexibility index (Phi) is 3.47. The zero-order valence-corrected chi connectivity index (χ0v) is 12.8. The van der Waals surface area contributed by atoms with E-state index in [1.54, 1.807) is 0 Å². The van der Waals surface area contributed by atoms with Crippen LogP contribution in [0.2, 0.25) is 0 Å². The predicted octanol–water partition coefficient (Wildman–Crippen LogP) is 3.25. The molecule has 0 unspecified atom stereocenters. The van der Waals surface area contributed by atoms with Crippen molar-refractivity contribution in [2.24, 2.45) is 5.84 Å². The summed E-state index contributed by atoms with van der Waals surface area (Å²) < 4.78 is 1.09. The molecule has 0 amide bonds. The fraction of sp³-hybridized carbons (Fsp3) is 0.231. The number of hydrazine groups is 1. The number of rotatable bonds is 2. The van der Waals surface area contributed by atoms with E-state index in [0.717, 1.165) is 44.4 Å². The van der Waals surface area contributed by atoms with Gasteiger partial charge in [0.1, 0.15) is 5.82 Å². The third-order valence-corrected chi connectivity index (χ3v) is 4.99. The number of hydrogen-bond acceptors (Lipinski definition) is 5. The van der Waals surface area contributed by atoms with Crippen LogP contribution in [0.1, 0.15) is 16.8 Å². The molecule has 1 aromatic heterocycles. The number of hydrogen-bond donors (Lipinski definition) is 2.